The van der Waals surface area contributed by atoms with Gasteiger partial charge in [0.25, 0.3) is 0 Å². The molecule has 20 heavy (non-hydrogen) atoms. The number of nitrogens with one attached hydrogen (secondary N) is 2. The first-order valence-electron chi connectivity index (χ1n) is 7.46. The van der Waals surface area contributed by atoms with Crippen LogP contribution in [0.2, 0.25) is 0 Å². The molecule has 1 aliphatic rings. The van der Waals surface area contributed by atoms with Gasteiger partial charge in [-0.05, 0) is 44.8 Å². The van der Waals surface area contributed by atoms with Crippen LogP contribution in [0.15, 0.2) is 4.99 Å². The van der Waals surface area contributed by atoms with Crippen molar-refractivity contribution in [2.75, 3.05) is 53.5 Å². The van der Waals surface area contributed by atoms with Crippen molar-refractivity contribution in [3.63, 3.8) is 0 Å². The van der Waals surface area contributed by atoms with Crippen molar-refractivity contribution in [2.45, 2.75) is 26.2 Å². The van der Waals surface area contributed by atoms with E-state index in [0.29, 0.717) is 6.61 Å². The first kappa shape index (κ1) is 19.9. The van der Waals surface area contributed by atoms with Crippen LogP contribution in [0.4, 0.5) is 0 Å². The summed E-state index contributed by atoms with van der Waals surface area (Å²) in [5, 5.41) is 6.65. The van der Waals surface area contributed by atoms with Crippen LogP contribution in [0.1, 0.15) is 26.2 Å². The lowest BCUT2D eigenvalue weighted by molar-refractivity contribution is 0.185. The number of nitrogens with zero attached hydrogens (tertiary/aromatic N) is 2. The van der Waals surface area contributed by atoms with Gasteiger partial charge in [0.05, 0.1) is 6.61 Å². The molecule has 1 heterocycles. The zero-order chi connectivity index (χ0) is 13.9. The molecule has 0 amide bonds. The molecule has 0 aromatic heterocycles. The van der Waals surface area contributed by atoms with E-state index in [4.69, 9.17) is 4.74 Å². The van der Waals surface area contributed by atoms with E-state index in [2.05, 4.69) is 27.4 Å². The van der Waals surface area contributed by atoms with Crippen molar-refractivity contribution in [2.24, 2.45) is 10.9 Å². The van der Waals surface area contributed by atoms with E-state index in [1.54, 1.807) is 7.11 Å². The predicted molar refractivity (Wildman–Crippen MR) is 96.1 cm³/mol. The summed E-state index contributed by atoms with van der Waals surface area (Å²) in [6, 6.07) is 0. The van der Waals surface area contributed by atoms with Gasteiger partial charge in [0.1, 0.15) is 0 Å². The Morgan fingerprint density at radius 3 is 2.55 bits per heavy atom. The van der Waals surface area contributed by atoms with Crippen LogP contribution in [-0.4, -0.2) is 64.3 Å². The van der Waals surface area contributed by atoms with Gasteiger partial charge in [-0.2, -0.15) is 0 Å². The van der Waals surface area contributed by atoms with Crippen molar-refractivity contribution in [3.05, 3.63) is 0 Å². The maximum atomic E-state index is 5.02. The number of aliphatic imine (C=N–C) groups is 1. The topological polar surface area (TPSA) is 48.9 Å². The molecule has 1 fully saturated rings. The minimum atomic E-state index is 0. The minimum Gasteiger partial charge on any atom is -0.383 e. The third-order valence-corrected chi connectivity index (χ3v) is 3.63. The molecule has 0 atom stereocenters. The lowest BCUT2D eigenvalue weighted by Gasteiger charge is -2.32. The van der Waals surface area contributed by atoms with Crippen molar-refractivity contribution >= 4 is 29.9 Å². The van der Waals surface area contributed by atoms with E-state index in [0.717, 1.165) is 25.0 Å². The molecule has 1 aliphatic heterocycles. The average Bonchev–Trinajstić information content (AvgIpc) is 2.44. The average molecular weight is 398 g/mol. The molecule has 0 unspecified atom stereocenters. The molecule has 0 radical (unpaired) electrons. The summed E-state index contributed by atoms with van der Waals surface area (Å²) in [6.07, 6.45) is 3.85. The van der Waals surface area contributed by atoms with E-state index in [1.807, 2.05) is 7.05 Å². The fourth-order valence-corrected chi connectivity index (χ4v) is 2.46. The first-order chi connectivity index (χ1) is 9.30. The van der Waals surface area contributed by atoms with Crippen LogP contribution in [0.5, 0.6) is 0 Å². The van der Waals surface area contributed by atoms with Gasteiger partial charge in [0.2, 0.25) is 0 Å². The van der Waals surface area contributed by atoms with Gasteiger partial charge in [-0.1, -0.05) is 6.92 Å². The number of guanidine groups is 1. The summed E-state index contributed by atoms with van der Waals surface area (Å²) >= 11 is 0. The van der Waals surface area contributed by atoms with Gasteiger partial charge in [-0.25, -0.2) is 0 Å². The van der Waals surface area contributed by atoms with Crippen LogP contribution in [0.25, 0.3) is 0 Å². The van der Waals surface area contributed by atoms with E-state index >= 15 is 0 Å². The Balaban J connectivity index is 0.00000361. The molecular weight excluding hydrogens is 367 g/mol. The number of piperidine rings is 1. The zero-order valence-electron chi connectivity index (χ0n) is 13.2. The molecule has 1 rings (SSSR count). The third kappa shape index (κ3) is 8.26. The molecule has 1 saturated heterocycles. The van der Waals surface area contributed by atoms with Crippen LogP contribution in [0, 0.1) is 5.92 Å². The fraction of sp³-hybridized carbons (Fsp3) is 0.929. The standard InChI is InChI=1S/C14H30N4O.HI/c1-4-8-18-9-5-13(6-10-18)12-17-14(15-2)16-7-11-19-3;/h13H,4-12H2,1-3H3,(H2,15,16,17);1H. The number of halogens is 1. The number of hydrogen-bond donors (Lipinski definition) is 2. The van der Waals surface area contributed by atoms with Crippen LogP contribution >= 0.6 is 24.0 Å². The second-order valence-electron chi connectivity index (χ2n) is 5.16. The van der Waals surface area contributed by atoms with Crippen LogP contribution < -0.4 is 10.6 Å². The van der Waals surface area contributed by atoms with Gasteiger partial charge in [0, 0.05) is 27.2 Å². The first-order valence-corrected chi connectivity index (χ1v) is 7.46. The van der Waals surface area contributed by atoms with Gasteiger partial charge < -0.3 is 20.3 Å². The van der Waals surface area contributed by atoms with Gasteiger partial charge in [-0.15, -0.1) is 24.0 Å². The monoisotopic (exact) mass is 398 g/mol. The molecule has 0 aromatic rings. The van der Waals surface area contributed by atoms with Crippen molar-refractivity contribution < 1.29 is 4.74 Å². The number of hydrogen-bond acceptors (Lipinski definition) is 3. The number of rotatable bonds is 7. The Labute approximate surface area is 140 Å². The van der Waals surface area contributed by atoms with Crippen molar-refractivity contribution in [3.8, 4) is 0 Å². The molecule has 0 aliphatic carbocycles. The van der Waals surface area contributed by atoms with Gasteiger partial charge >= 0.3 is 0 Å². The van der Waals surface area contributed by atoms with Crippen molar-refractivity contribution in [1.29, 1.82) is 0 Å². The number of likely N-dealkylation sites (tertiary alicyclic amines) is 1. The molecule has 120 valence electrons. The van der Waals surface area contributed by atoms with Gasteiger partial charge in [0.15, 0.2) is 5.96 Å². The minimum absolute atomic E-state index is 0. The second kappa shape index (κ2) is 12.6. The third-order valence-electron chi connectivity index (χ3n) is 3.63. The van der Waals surface area contributed by atoms with Gasteiger partial charge in [-0.3, -0.25) is 4.99 Å². The Morgan fingerprint density at radius 1 is 1.30 bits per heavy atom. The summed E-state index contributed by atoms with van der Waals surface area (Å²) < 4.78 is 5.02. The van der Waals surface area contributed by atoms with E-state index in [-0.39, 0.29) is 24.0 Å². The molecule has 0 saturated carbocycles. The molecular formula is C14H31IN4O. The molecule has 0 spiro atoms. The van der Waals surface area contributed by atoms with E-state index in [1.165, 1.54) is 38.9 Å². The summed E-state index contributed by atoms with van der Waals surface area (Å²) in [4.78, 5) is 6.79. The van der Waals surface area contributed by atoms with E-state index in [9.17, 15) is 0 Å². The van der Waals surface area contributed by atoms with Crippen LogP contribution in [-0.2, 0) is 4.74 Å². The largest absolute Gasteiger partial charge is 0.383 e. The maximum absolute atomic E-state index is 5.02. The lowest BCUT2D eigenvalue weighted by atomic mass is 9.97. The second-order valence-corrected chi connectivity index (χ2v) is 5.16. The van der Waals surface area contributed by atoms with Crippen molar-refractivity contribution in [1.82, 2.24) is 15.5 Å². The summed E-state index contributed by atoms with van der Waals surface area (Å²) in [5.74, 6) is 1.65. The fourth-order valence-electron chi connectivity index (χ4n) is 2.46. The molecule has 6 heteroatoms. The Hall–Kier alpha value is -0.0800. The highest BCUT2D eigenvalue weighted by atomic mass is 127. The predicted octanol–water partition coefficient (Wildman–Crippen LogP) is 1.54. The maximum Gasteiger partial charge on any atom is 0.191 e. The number of ether oxygens (including phenoxy) is 1. The molecule has 0 bridgehead atoms. The lowest BCUT2D eigenvalue weighted by Crippen LogP contribution is -2.43. The highest BCUT2D eigenvalue weighted by molar-refractivity contribution is 14.0. The Morgan fingerprint density at radius 2 is 2.00 bits per heavy atom. The normalized spacial score (nSPS) is 17.6. The smallest absolute Gasteiger partial charge is 0.191 e. The molecule has 2 N–H and O–H groups in total. The SMILES string of the molecule is CCCN1CCC(CNC(=NC)NCCOC)CC1.I. The summed E-state index contributed by atoms with van der Waals surface area (Å²) in [6.45, 7) is 8.52. The molecule has 0 aromatic carbocycles. The van der Waals surface area contributed by atoms with E-state index < -0.39 is 0 Å². The Kier molecular flexibility index (Phi) is 12.6. The summed E-state index contributed by atoms with van der Waals surface area (Å²) in [5.41, 5.74) is 0. The Bertz CT molecular complexity index is 256. The zero-order valence-corrected chi connectivity index (χ0v) is 15.5. The highest BCUT2D eigenvalue weighted by Crippen LogP contribution is 2.16. The van der Waals surface area contributed by atoms with Crippen LogP contribution in [0.3, 0.4) is 0 Å². The molecule has 5 nitrogen and oxygen atoms in total. The number of methoxy groups -OCH3 is 1. The quantitative estimate of drug-likeness (QED) is 0.296. The highest BCUT2D eigenvalue weighted by Gasteiger charge is 2.18. The summed E-state index contributed by atoms with van der Waals surface area (Å²) in [7, 11) is 3.52.